The van der Waals surface area contributed by atoms with Gasteiger partial charge < -0.3 is 10.8 Å². The molecule has 0 bridgehead atoms. The van der Waals surface area contributed by atoms with Crippen molar-refractivity contribution in [2.75, 3.05) is 5.73 Å². The molecule has 0 radical (unpaired) electrons. The maximum absolute atomic E-state index is 10.5. The zero-order chi connectivity index (χ0) is 9.14. The Morgan fingerprint density at radius 1 is 1.54 bits per heavy atom. The summed E-state index contributed by atoms with van der Waals surface area (Å²) in [7, 11) is 0. The molecule has 0 fully saturated rings. The lowest BCUT2D eigenvalue weighted by Gasteiger charge is -2.02. The van der Waals surface area contributed by atoms with Crippen molar-refractivity contribution < 1.29 is 9.90 Å². The van der Waals surface area contributed by atoms with Crippen molar-refractivity contribution in [1.29, 1.82) is 0 Å². The molecule has 13 heavy (non-hydrogen) atoms. The van der Waals surface area contributed by atoms with Crippen LogP contribution >= 0.6 is 24.0 Å². The minimum Gasteiger partial charge on any atom is -0.478 e. The van der Waals surface area contributed by atoms with Gasteiger partial charge in [-0.15, -0.1) is 24.0 Å². The number of alkyl halides is 1. The van der Waals surface area contributed by atoms with E-state index in [0.29, 0.717) is 11.3 Å². The number of aromatic carboxylic acids is 1. The van der Waals surface area contributed by atoms with Crippen molar-refractivity contribution in [1.82, 2.24) is 0 Å². The van der Waals surface area contributed by atoms with Crippen molar-refractivity contribution in [3.63, 3.8) is 0 Å². The van der Waals surface area contributed by atoms with E-state index in [4.69, 9.17) is 22.4 Å². The first-order chi connectivity index (χ1) is 5.65. The van der Waals surface area contributed by atoms with Crippen LogP contribution in [0.5, 0.6) is 0 Å². The number of rotatable bonds is 2. The topological polar surface area (TPSA) is 63.3 Å². The molecule has 0 atom stereocenters. The van der Waals surface area contributed by atoms with E-state index >= 15 is 0 Å². The molecule has 0 saturated carbocycles. The van der Waals surface area contributed by atoms with Crippen LogP contribution in [-0.4, -0.2) is 11.1 Å². The zero-order valence-electron chi connectivity index (χ0n) is 6.66. The number of nitrogen functional groups attached to an aromatic ring is 1. The second-order valence-electron chi connectivity index (χ2n) is 2.35. The molecule has 0 unspecified atom stereocenters. The normalized spacial score (nSPS) is 9.00. The van der Waals surface area contributed by atoms with Crippen LogP contribution in [0.15, 0.2) is 18.2 Å². The van der Waals surface area contributed by atoms with Gasteiger partial charge >= 0.3 is 5.97 Å². The SMILES string of the molecule is Cl.Nc1ccc(C(=O)O)cc1CCl. The Bertz CT molecular complexity index is 315. The molecule has 5 heteroatoms. The number of anilines is 1. The fourth-order valence-corrected chi connectivity index (χ4v) is 1.09. The number of carbonyl (C=O) groups is 1. The summed E-state index contributed by atoms with van der Waals surface area (Å²) < 4.78 is 0. The van der Waals surface area contributed by atoms with Crippen LogP contribution in [0, 0.1) is 0 Å². The Balaban J connectivity index is 0.00000144. The van der Waals surface area contributed by atoms with Gasteiger partial charge in [0.05, 0.1) is 5.56 Å². The Morgan fingerprint density at radius 3 is 2.62 bits per heavy atom. The molecule has 0 saturated heterocycles. The van der Waals surface area contributed by atoms with Crippen LogP contribution in [0.2, 0.25) is 0 Å². The number of halogens is 2. The molecule has 0 aliphatic rings. The number of carboxylic acid groups (broad SMARTS) is 1. The van der Waals surface area contributed by atoms with Gasteiger partial charge in [0, 0.05) is 11.6 Å². The highest BCUT2D eigenvalue weighted by atomic mass is 35.5. The average molecular weight is 222 g/mol. The van der Waals surface area contributed by atoms with Gasteiger partial charge in [-0.2, -0.15) is 0 Å². The number of hydrogen-bond donors (Lipinski definition) is 2. The third-order valence-electron chi connectivity index (χ3n) is 1.53. The quantitative estimate of drug-likeness (QED) is 0.595. The van der Waals surface area contributed by atoms with Gasteiger partial charge in [-0.3, -0.25) is 0 Å². The minimum absolute atomic E-state index is 0. The van der Waals surface area contributed by atoms with Crippen molar-refractivity contribution in [3.8, 4) is 0 Å². The van der Waals surface area contributed by atoms with Crippen LogP contribution in [0.4, 0.5) is 5.69 Å². The van der Waals surface area contributed by atoms with Crippen LogP contribution in [0.1, 0.15) is 15.9 Å². The monoisotopic (exact) mass is 221 g/mol. The maximum Gasteiger partial charge on any atom is 0.335 e. The summed E-state index contributed by atoms with van der Waals surface area (Å²) in [5.74, 6) is -0.742. The van der Waals surface area contributed by atoms with E-state index in [9.17, 15) is 4.79 Å². The largest absolute Gasteiger partial charge is 0.478 e. The highest BCUT2D eigenvalue weighted by Gasteiger charge is 2.04. The van der Waals surface area contributed by atoms with Crippen molar-refractivity contribution in [2.24, 2.45) is 0 Å². The number of hydrogen-bond acceptors (Lipinski definition) is 2. The van der Waals surface area contributed by atoms with E-state index in [1.54, 1.807) is 6.07 Å². The summed E-state index contributed by atoms with van der Waals surface area (Å²) in [6.07, 6.45) is 0. The van der Waals surface area contributed by atoms with Gasteiger partial charge in [0.25, 0.3) is 0 Å². The summed E-state index contributed by atoms with van der Waals surface area (Å²) in [4.78, 5) is 10.5. The highest BCUT2D eigenvalue weighted by molar-refractivity contribution is 6.17. The molecule has 0 aliphatic heterocycles. The first kappa shape index (κ1) is 12.1. The lowest BCUT2D eigenvalue weighted by molar-refractivity contribution is 0.0697. The second kappa shape index (κ2) is 4.94. The first-order valence-electron chi connectivity index (χ1n) is 3.33. The van der Waals surface area contributed by atoms with E-state index in [-0.39, 0.29) is 23.9 Å². The fourth-order valence-electron chi connectivity index (χ4n) is 0.855. The standard InChI is InChI=1S/C8H8ClNO2.ClH/c9-4-6-3-5(8(11)12)1-2-7(6)10;/h1-3H,4,10H2,(H,11,12);1H. The third kappa shape index (κ3) is 2.79. The number of nitrogens with two attached hydrogens (primary N) is 1. The molecule has 1 aromatic carbocycles. The molecular formula is C8H9Cl2NO2. The smallest absolute Gasteiger partial charge is 0.335 e. The first-order valence-corrected chi connectivity index (χ1v) is 3.86. The Labute approximate surface area is 86.9 Å². The van der Waals surface area contributed by atoms with Crippen LogP contribution < -0.4 is 5.73 Å². The maximum atomic E-state index is 10.5. The van der Waals surface area contributed by atoms with Crippen molar-refractivity contribution >= 4 is 35.7 Å². The zero-order valence-corrected chi connectivity index (χ0v) is 8.23. The molecule has 0 amide bonds. The fraction of sp³-hybridized carbons (Fsp3) is 0.125. The molecule has 0 spiro atoms. The Morgan fingerprint density at radius 2 is 2.15 bits per heavy atom. The van der Waals surface area contributed by atoms with Crippen LogP contribution in [0.3, 0.4) is 0 Å². The second-order valence-corrected chi connectivity index (χ2v) is 2.62. The van der Waals surface area contributed by atoms with E-state index in [0.717, 1.165) is 0 Å². The summed E-state index contributed by atoms with van der Waals surface area (Å²) in [5.41, 5.74) is 6.90. The van der Waals surface area contributed by atoms with Crippen molar-refractivity contribution in [3.05, 3.63) is 29.3 Å². The molecule has 72 valence electrons. The molecule has 3 nitrogen and oxygen atoms in total. The lowest BCUT2D eigenvalue weighted by Crippen LogP contribution is -1.99. The third-order valence-corrected chi connectivity index (χ3v) is 1.82. The summed E-state index contributed by atoms with van der Waals surface area (Å²) >= 11 is 5.54. The van der Waals surface area contributed by atoms with Crippen molar-refractivity contribution in [2.45, 2.75) is 5.88 Å². The van der Waals surface area contributed by atoms with Crippen LogP contribution in [0.25, 0.3) is 0 Å². The molecule has 0 aromatic heterocycles. The molecule has 0 aliphatic carbocycles. The van der Waals surface area contributed by atoms with E-state index in [1.807, 2.05) is 0 Å². The van der Waals surface area contributed by atoms with Gasteiger partial charge in [0.2, 0.25) is 0 Å². The molecule has 1 aromatic rings. The Hall–Kier alpha value is -0.930. The predicted molar refractivity (Wildman–Crippen MR) is 54.6 cm³/mol. The molecule has 1 rings (SSSR count). The summed E-state index contributed by atoms with van der Waals surface area (Å²) in [6.45, 7) is 0. The average Bonchev–Trinajstić information content (AvgIpc) is 2.05. The van der Waals surface area contributed by atoms with Crippen LogP contribution in [-0.2, 0) is 5.88 Å². The van der Waals surface area contributed by atoms with Gasteiger partial charge in [-0.25, -0.2) is 4.79 Å². The van der Waals surface area contributed by atoms with Gasteiger partial charge in [-0.05, 0) is 23.8 Å². The molecular weight excluding hydrogens is 213 g/mol. The molecule has 3 N–H and O–H groups in total. The lowest BCUT2D eigenvalue weighted by atomic mass is 10.1. The van der Waals surface area contributed by atoms with Gasteiger partial charge in [0.1, 0.15) is 0 Å². The highest BCUT2D eigenvalue weighted by Crippen LogP contribution is 2.16. The predicted octanol–water partition coefficient (Wildman–Crippen LogP) is 2.13. The number of benzene rings is 1. The summed E-state index contributed by atoms with van der Waals surface area (Å²) in [5, 5.41) is 8.61. The summed E-state index contributed by atoms with van der Waals surface area (Å²) in [6, 6.07) is 4.47. The number of carboxylic acids is 1. The minimum atomic E-state index is -0.971. The Kier molecular flexibility index (Phi) is 4.59. The van der Waals surface area contributed by atoms with E-state index in [1.165, 1.54) is 12.1 Å². The van der Waals surface area contributed by atoms with Gasteiger partial charge in [0.15, 0.2) is 0 Å². The van der Waals surface area contributed by atoms with E-state index in [2.05, 4.69) is 0 Å². The van der Waals surface area contributed by atoms with Gasteiger partial charge in [-0.1, -0.05) is 0 Å². The van der Waals surface area contributed by atoms with E-state index < -0.39 is 5.97 Å². The molecule has 0 heterocycles.